The quantitative estimate of drug-likeness (QED) is 0.309. The molecule has 0 radical (unpaired) electrons. The van der Waals surface area contributed by atoms with E-state index in [0.717, 1.165) is 25.2 Å². The summed E-state index contributed by atoms with van der Waals surface area (Å²) in [4.78, 5) is 19.1. The summed E-state index contributed by atoms with van der Waals surface area (Å²) in [5.74, 6) is 2.25. The van der Waals surface area contributed by atoms with E-state index >= 15 is 0 Å². The Hall–Kier alpha value is -2.13. The van der Waals surface area contributed by atoms with Crippen molar-refractivity contribution < 1.29 is 4.79 Å². The van der Waals surface area contributed by atoms with E-state index in [2.05, 4.69) is 80.0 Å². The first-order valence-electron chi connectivity index (χ1n) is 18.0. The maximum absolute atomic E-state index is 14.1. The number of hydrogen-bond donors (Lipinski definition) is 0. The van der Waals surface area contributed by atoms with Gasteiger partial charge in [-0.05, 0) is 116 Å². The predicted molar refractivity (Wildman–Crippen MR) is 181 cm³/mol. The van der Waals surface area contributed by atoms with Crippen molar-refractivity contribution >= 4 is 11.6 Å². The number of carbonyl (C=O) groups excluding carboxylic acids is 1. The highest BCUT2D eigenvalue weighted by molar-refractivity contribution is 5.93. The fourth-order valence-electron chi connectivity index (χ4n) is 9.17. The Morgan fingerprint density at radius 3 is 2.02 bits per heavy atom. The smallest absolute Gasteiger partial charge is 0.227 e. The molecule has 2 bridgehead atoms. The van der Waals surface area contributed by atoms with Gasteiger partial charge in [0.15, 0.2) is 0 Å². The topological polar surface area (TPSA) is 23.6 Å². The fourth-order valence-corrected chi connectivity index (χ4v) is 9.17. The van der Waals surface area contributed by atoms with Gasteiger partial charge in [0, 0.05) is 37.3 Å². The third kappa shape index (κ3) is 7.41. The van der Waals surface area contributed by atoms with Gasteiger partial charge in [-0.3, -0.25) is 9.69 Å². The highest BCUT2D eigenvalue weighted by atomic mass is 16.2. The lowest BCUT2D eigenvalue weighted by atomic mass is 9.82. The Morgan fingerprint density at radius 2 is 1.42 bits per heavy atom. The monoisotopic (exact) mass is 582 g/mol. The number of aryl methyl sites for hydroxylation is 1. The second-order valence-electron chi connectivity index (χ2n) is 15.9. The van der Waals surface area contributed by atoms with E-state index in [1.807, 2.05) is 0 Å². The minimum Gasteiger partial charge on any atom is -0.312 e. The van der Waals surface area contributed by atoms with E-state index in [1.54, 1.807) is 0 Å². The van der Waals surface area contributed by atoms with Crippen LogP contribution in [-0.2, 0) is 16.8 Å². The summed E-state index contributed by atoms with van der Waals surface area (Å²) in [7, 11) is 0. The lowest BCUT2D eigenvalue weighted by Gasteiger charge is -2.41. The Kier molecular flexibility index (Phi) is 9.67. The predicted octanol–water partition coefficient (Wildman–Crippen LogP) is 10.1. The molecule has 4 fully saturated rings. The van der Waals surface area contributed by atoms with Crippen LogP contribution in [0.2, 0.25) is 0 Å². The van der Waals surface area contributed by atoms with Crippen molar-refractivity contribution in [2.24, 2.45) is 11.8 Å². The molecule has 2 aliphatic carbocycles. The van der Waals surface area contributed by atoms with Gasteiger partial charge in [-0.15, -0.1) is 0 Å². The molecule has 6 rings (SSSR count). The summed E-state index contributed by atoms with van der Waals surface area (Å²) in [6, 6.07) is 17.7. The van der Waals surface area contributed by atoms with Gasteiger partial charge in [0.2, 0.25) is 5.91 Å². The summed E-state index contributed by atoms with van der Waals surface area (Å²) in [5.41, 5.74) is 7.15. The minimum absolute atomic E-state index is 0.199. The second kappa shape index (κ2) is 13.5. The Balaban J connectivity index is 1.15. The van der Waals surface area contributed by atoms with Crippen LogP contribution in [0.15, 0.2) is 42.5 Å². The van der Waals surface area contributed by atoms with Gasteiger partial charge < -0.3 is 4.90 Å². The van der Waals surface area contributed by atoms with Gasteiger partial charge in [0.25, 0.3) is 0 Å². The number of carbonyl (C=O) groups is 1. The van der Waals surface area contributed by atoms with Crippen LogP contribution in [0.5, 0.6) is 0 Å². The van der Waals surface area contributed by atoms with Crippen molar-refractivity contribution in [1.82, 2.24) is 4.90 Å². The Bertz CT molecular complexity index is 1200. The molecule has 4 aliphatic rings. The number of hydrogen-bond acceptors (Lipinski definition) is 2. The minimum atomic E-state index is 0.199. The van der Waals surface area contributed by atoms with Crippen LogP contribution < -0.4 is 4.90 Å². The molecule has 0 spiro atoms. The normalized spacial score (nSPS) is 25.6. The molecule has 2 aromatic carbocycles. The van der Waals surface area contributed by atoms with Crippen molar-refractivity contribution in [1.29, 1.82) is 0 Å². The van der Waals surface area contributed by atoms with Crippen LogP contribution in [0.3, 0.4) is 0 Å². The average Bonchev–Trinajstić information content (AvgIpc) is 3.22. The summed E-state index contributed by atoms with van der Waals surface area (Å²) in [5, 5.41) is 0. The third-order valence-corrected chi connectivity index (χ3v) is 11.7. The molecule has 1 amide bonds. The van der Waals surface area contributed by atoms with E-state index in [4.69, 9.17) is 0 Å². The standard InChI is InChI=1S/C40H58N2O/c1-29-23-35(21-22-38(29)33-13-9-6-10-14-33)42(39(43)26-30-11-7-5-8-12-30)28-32-24-36-19-20-37(25-32)41(36)27-31-15-17-34(18-16-31)40(2,3)4/h15-18,21-23,30,32-33,36-37H,5-14,19-20,24-28H2,1-4H3. The first-order valence-corrected chi connectivity index (χ1v) is 18.0. The Labute approximate surface area is 262 Å². The number of amides is 1. The molecule has 43 heavy (non-hydrogen) atoms. The van der Waals surface area contributed by atoms with Gasteiger partial charge in [0.1, 0.15) is 0 Å². The van der Waals surface area contributed by atoms with E-state index < -0.39 is 0 Å². The largest absolute Gasteiger partial charge is 0.312 e. The molecule has 0 N–H and O–H groups in total. The van der Waals surface area contributed by atoms with Gasteiger partial charge in [-0.1, -0.05) is 89.6 Å². The van der Waals surface area contributed by atoms with Crippen molar-refractivity contribution in [2.75, 3.05) is 11.4 Å². The van der Waals surface area contributed by atoms with Crippen molar-refractivity contribution in [3.63, 3.8) is 0 Å². The molecular formula is C40H58N2O. The van der Waals surface area contributed by atoms with E-state index in [1.165, 1.54) is 112 Å². The van der Waals surface area contributed by atoms with Crippen molar-refractivity contribution in [3.8, 4) is 0 Å². The fraction of sp³-hybridized carbons (Fsp3) is 0.675. The van der Waals surface area contributed by atoms with Crippen LogP contribution in [0.1, 0.15) is 145 Å². The summed E-state index contributed by atoms with van der Waals surface area (Å²) in [6.45, 7) is 11.1. The zero-order chi connectivity index (χ0) is 30.0. The first kappa shape index (κ1) is 30.9. The molecule has 2 aromatic rings. The molecule has 0 aromatic heterocycles. The van der Waals surface area contributed by atoms with Crippen LogP contribution in [-0.4, -0.2) is 29.4 Å². The van der Waals surface area contributed by atoms with Crippen LogP contribution in [0.25, 0.3) is 0 Å². The highest BCUT2D eigenvalue weighted by Crippen LogP contribution is 2.41. The maximum atomic E-state index is 14.1. The first-order chi connectivity index (χ1) is 20.7. The van der Waals surface area contributed by atoms with Crippen LogP contribution in [0.4, 0.5) is 5.69 Å². The number of rotatable bonds is 8. The molecule has 2 unspecified atom stereocenters. The number of piperidine rings is 1. The average molecular weight is 583 g/mol. The third-order valence-electron chi connectivity index (χ3n) is 11.7. The number of nitrogens with zero attached hydrogens (tertiary/aromatic N) is 2. The molecule has 2 saturated heterocycles. The van der Waals surface area contributed by atoms with Crippen LogP contribution in [0, 0.1) is 18.8 Å². The summed E-state index contributed by atoms with van der Waals surface area (Å²) in [6.07, 6.45) is 19.0. The van der Waals surface area contributed by atoms with E-state index in [0.29, 0.717) is 35.7 Å². The molecule has 2 heterocycles. The van der Waals surface area contributed by atoms with E-state index in [9.17, 15) is 4.79 Å². The highest BCUT2D eigenvalue weighted by Gasteiger charge is 2.41. The van der Waals surface area contributed by atoms with Gasteiger partial charge >= 0.3 is 0 Å². The maximum Gasteiger partial charge on any atom is 0.227 e. The lowest BCUT2D eigenvalue weighted by molar-refractivity contribution is -0.120. The number of fused-ring (bicyclic) bond motifs is 2. The Morgan fingerprint density at radius 1 is 0.791 bits per heavy atom. The summed E-state index contributed by atoms with van der Waals surface area (Å²) >= 11 is 0. The second-order valence-corrected chi connectivity index (χ2v) is 15.9. The van der Waals surface area contributed by atoms with E-state index in [-0.39, 0.29) is 5.41 Å². The zero-order valence-electron chi connectivity index (χ0n) is 27.8. The number of benzene rings is 2. The molecule has 2 atom stereocenters. The molecule has 3 nitrogen and oxygen atoms in total. The van der Waals surface area contributed by atoms with Gasteiger partial charge in [-0.2, -0.15) is 0 Å². The lowest BCUT2D eigenvalue weighted by Crippen LogP contribution is -2.46. The molecular weight excluding hydrogens is 524 g/mol. The van der Waals surface area contributed by atoms with Crippen LogP contribution >= 0.6 is 0 Å². The van der Waals surface area contributed by atoms with Crippen molar-refractivity contribution in [2.45, 2.75) is 154 Å². The molecule has 2 saturated carbocycles. The molecule has 3 heteroatoms. The number of anilines is 1. The molecule has 234 valence electrons. The zero-order valence-corrected chi connectivity index (χ0v) is 27.8. The SMILES string of the molecule is Cc1cc(N(CC2CC3CCC(C2)N3Cc2ccc(C(C)(C)C)cc2)C(=O)CC2CCCCC2)ccc1C1CCCCC1. The van der Waals surface area contributed by atoms with Gasteiger partial charge in [0.05, 0.1) is 0 Å². The van der Waals surface area contributed by atoms with Gasteiger partial charge in [-0.25, -0.2) is 0 Å². The van der Waals surface area contributed by atoms with Crippen molar-refractivity contribution in [3.05, 3.63) is 64.7 Å². The molecule has 2 aliphatic heterocycles. The summed E-state index contributed by atoms with van der Waals surface area (Å²) < 4.78 is 0.